The van der Waals surface area contributed by atoms with Crippen molar-refractivity contribution < 1.29 is 13.5 Å². The second kappa shape index (κ2) is 3.68. The Morgan fingerprint density at radius 2 is 2.00 bits per heavy atom. The van der Waals surface area contributed by atoms with Crippen molar-refractivity contribution in [2.24, 2.45) is 17.8 Å². The van der Waals surface area contributed by atoms with Gasteiger partial charge in [-0.2, -0.15) is 0 Å². The molecule has 3 aliphatic rings. The van der Waals surface area contributed by atoms with Crippen molar-refractivity contribution in [3.8, 4) is 0 Å². The molecule has 3 aliphatic carbocycles. The van der Waals surface area contributed by atoms with E-state index in [0.717, 1.165) is 32.1 Å². The van der Waals surface area contributed by atoms with Gasteiger partial charge in [-0.15, -0.1) is 0 Å². The van der Waals surface area contributed by atoms with E-state index in [0.29, 0.717) is 17.8 Å². The monoisotopic (exact) mass is 259 g/mol. The summed E-state index contributed by atoms with van der Waals surface area (Å²) in [5.74, 6) is 1.48. The van der Waals surface area contributed by atoms with Crippen LogP contribution in [0.4, 0.5) is 0 Å². The van der Waals surface area contributed by atoms with Gasteiger partial charge in [0.05, 0.1) is 11.9 Å². The fraction of sp³-hybridized carbons (Fsp3) is 1.00. The number of sulfonamides is 1. The number of hydrogen-bond acceptors (Lipinski definition) is 3. The van der Waals surface area contributed by atoms with Crippen LogP contribution in [-0.4, -0.2) is 31.4 Å². The fourth-order valence-corrected chi connectivity index (χ4v) is 5.39. The van der Waals surface area contributed by atoms with Gasteiger partial charge >= 0.3 is 0 Å². The third kappa shape index (κ3) is 2.25. The van der Waals surface area contributed by atoms with Crippen molar-refractivity contribution in [1.29, 1.82) is 0 Å². The maximum absolute atomic E-state index is 11.4. The summed E-state index contributed by atoms with van der Waals surface area (Å²) in [7, 11) is -3.13. The summed E-state index contributed by atoms with van der Waals surface area (Å²) in [4.78, 5) is 0. The van der Waals surface area contributed by atoms with E-state index in [1.54, 1.807) is 0 Å². The van der Waals surface area contributed by atoms with E-state index in [9.17, 15) is 13.5 Å². The van der Waals surface area contributed by atoms with Gasteiger partial charge < -0.3 is 5.11 Å². The minimum Gasteiger partial charge on any atom is -0.390 e. The minimum atomic E-state index is -3.13. The van der Waals surface area contributed by atoms with Gasteiger partial charge in [0.25, 0.3) is 0 Å². The molecule has 3 rings (SSSR count). The van der Waals surface area contributed by atoms with Crippen LogP contribution in [0.2, 0.25) is 0 Å². The van der Waals surface area contributed by atoms with Gasteiger partial charge in [0.15, 0.2) is 0 Å². The topological polar surface area (TPSA) is 66.4 Å². The summed E-state index contributed by atoms with van der Waals surface area (Å²) in [6.07, 6.45) is 7.03. The highest BCUT2D eigenvalue weighted by Gasteiger charge is 2.53. The maximum atomic E-state index is 11.4. The van der Waals surface area contributed by atoms with Gasteiger partial charge in [0.1, 0.15) is 0 Å². The molecule has 0 radical (unpaired) electrons. The van der Waals surface area contributed by atoms with Crippen LogP contribution in [0.15, 0.2) is 0 Å². The predicted octanol–water partition coefficient (Wildman–Crippen LogP) is 0.865. The van der Waals surface area contributed by atoms with Gasteiger partial charge in [-0.25, -0.2) is 13.1 Å². The van der Waals surface area contributed by atoms with Crippen LogP contribution in [0.5, 0.6) is 0 Å². The lowest BCUT2D eigenvalue weighted by Gasteiger charge is -2.33. The van der Waals surface area contributed by atoms with Crippen LogP contribution in [0, 0.1) is 17.8 Å². The molecule has 0 heterocycles. The van der Waals surface area contributed by atoms with Crippen molar-refractivity contribution in [3.63, 3.8) is 0 Å². The summed E-state index contributed by atoms with van der Waals surface area (Å²) < 4.78 is 25.6. The average molecular weight is 259 g/mol. The molecule has 0 aromatic heterocycles. The summed E-state index contributed by atoms with van der Waals surface area (Å²) in [5, 5.41) is 10.5. The summed E-state index contributed by atoms with van der Waals surface area (Å²) >= 11 is 0. The van der Waals surface area contributed by atoms with Crippen LogP contribution in [-0.2, 0) is 10.0 Å². The standard InChI is InChI=1S/C12H21NO3S/c1-17(15,16)13-11-3-2-8-4-9-6-12(14,5-8)7-10(9)11/h8-11,13-14H,2-7H2,1H3. The molecule has 0 aromatic carbocycles. The Bertz CT molecular complexity index is 421. The summed E-state index contributed by atoms with van der Waals surface area (Å²) in [5.41, 5.74) is -0.490. The molecule has 17 heavy (non-hydrogen) atoms. The molecule has 0 aliphatic heterocycles. The Morgan fingerprint density at radius 1 is 1.24 bits per heavy atom. The largest absolute Gasteiger partial charge is 0.390 e. The molecule has 0 spiro atoms. The Labute approximate surface area is 103 Å². The van der Waals surface area contributed by atoms with Crippen LogP contribution in [0.1, 0.15) is 38.5 Å². The first-order valence-electron chi connectivity index (χ1n) is 6.54. The average Bonchev–Trinajstić information content (AvgIpc) is 2.35. The molecule has 0 aromatic rings. The lowest BCUT2D eigenvalue weighted by atomic mass is 9.77. The first-order chi connectivity index (χ1) is 7.85. The highest BCUT2D eigenvalue weighted by Crippen LogP contribution is 2.55. The Kier molecular flexibility index (Phi) is 2.58. The lowest BCUT2D eigenvalue weighted by molar-refractivity contribution is -0.00568. The number of nitrogens with one attached hydrogen (secondary N) is 1. The van der Waals surface area contributed by atoms with Crippen molar-refractivity contribution >= 4 is 10.0 Å². The first kappa shape index (κ1) is 11.9. The van der Waals surface area contributed by atoms with Gasteiger partial charge in [0, 0.05) is 6.04 Å². The number of rotatable bonds is 2. The van der Waals surface area contributed by atoms with Crippen LogP contribution < -0.4 is 4.72 Å². The van der Waals surface area contributed by atoms with Crippen molar-refractivity contribution in [2.75, 3.05) is 6.26 Å². The van der Waals surface area contributed by atoms with Crippen LogP contribution in [0.25, 0.3) is 0 Å². The zero-order valence-corrected chi connectivity index (χ0v) is 11.0. The van der Waals surface area contributed by atoms with E-state index in [-0.39, 0.29) is 6.04 Å². The molecule has 3 fully saturated rings. The molecule has 5 unspecified atom stereocenters. The number of fused-ring (bicyclic) bond motifs is 2. The van der Waals surface area contributed by atoms with Crippen LogP contribution in [0.3, 0.4) is 0 Å². The molecule has 2 N–H and O–H groups in total. The van der Waals surface area contributed by atoms with E-state index >= 15 is 0 Å². The zero-order valence-electron chi connectivity index (χ0n) is 10.2. The second-order valence-corrected chi connectivity index (χ2v) is 8.22. The smallest absolute Gasteiger partial charge is 0.208 e. The van der Waals surface area contributed by atoms with Crippen molar-refractivity contribution in [2.45, 2.75) is 50.2 Å². The molecule has 5 heteroatoms. The van der Waals surface area contributed by atoms with E-state index in [1.807, 2.05) is 0 Å². The molecule has 0 amide bonds. The third-order valence-corrected chi connectivity index (χ3v) is 5.67. The molecule has 3 saturated carbocycles. The van der Waals surface area contributed by atoms with E-state index in [2.05, 4.69) is 4.72 Å². The summed E-state index contributed by atoms with van der Waals surface area (Å²) in [6, 6.07) is 0.0503. The van der Waals surface area contributed by atoms with Gasteiger partial charge in [-0.05, 0) is 56.3 Å². The van der Waals surface area contributed by atoms with Gasteiger partial charge in [-0.1, -0.05) is 0 Å². The molecule has 4 nitrogen and oxygen atoms in total. The van der Waals surface area contributed by atoms with Crippen LogP contribution >= 0.6 is 0 Å². The highest BCUT2D eigenvalue weighted by atomic mass is 32.2. The minimum absolute atomic E-state index is 0.0503. The Balaban J connectivity index is 1.85. The SMILES string of the molecule is CS(=O)(=O)NC1CCC2CC3CC(O)(C2)CC31. The van der Waals surface area contributed by atoms with Gasteiger partial charge in [-0.3, -0.25) is 0 Å². The molecule has 5 atom stereocenters. The molecule has 0 saturated heterocycles. The van der Waals surface area contributed by atoms with Crippen molar-refractivity contribution in [3.05, 3.63) is 0 Å². The molecule has 3 bridgehead atoms. The van der Waals surface area contributed by atoms with Crippen molar-refractivity contribution in [1.82, 2.24) is 4.72 Å². The van der Waals surface area contributed by atoms with E-state index < -0.39 is 15.6 Å². The highest BCUT2D eigenvalue weighted by molar-refractivity contribution is 7.88. The number of aliphatic hydroxyl groups is 1. The third-order valence-electron chi connectivity index (χ3n) is 4.94. The molecule has 98 valence electrons. The fourth-order valence-electron chi connectivity index (χ4n) is 4.54. The Morgan fingerprint density at radius 3 is 2.71 bits per heavy atom. The molecular weight excluding hydrogens is 238 g/mol. The molecular formula is C12H21NO3S. The summed E-state index contributed by atoms with van der Waals surface area (Å²) in [6.45, 7) is 0. The first-order valence-corrected chi connectivity index (χ1v) is 8.43. The maximum Gasteiger partial charge on any atom is 0.208 e. The van der Waals surface area contributed by atoms with E-state index in [4.69, 9.17) is 0 Å². The zero-order chi connectivity index (χ0) is 12.3. The normalized spacial score (nSPS) is 49.3. The van der Waals surface area contributed by atoms with Gasteiger partial charge in [0.2, 0.25) is 10.0 Å². The lowest BCUT2D eigenvalue weighted by Crippen LogP contribution is -2.41. The Hall–Kier alpha value is -0.130. The second-order valence-electron chi connectivity index (χ2n) is 6.44. The number of hydrogen-bond donors (Lipinski definition) is 2. The quantitative estimate of drug-likeness (QED) is 0.773. The van der Waals surface area contributed by atoms with E-state index in [1.165, 1.54) is 12.7 Å². The predicted molar refractivity (Wildman–Crippen MR) is 64.9 cm³/mol.